The van der Waals surface area contributed by atoms with Crippen molar-refractivity contribution in [3.05, 3.63) is 71.2 Å². The Morgan fingerprint density at radius 3 is 2.45 bits per heavy atom. The molecule has 8 heteroatoms. The van der Waals surface area contributed by atoms with Crippen LogP contribution in [0.15, 0.2) is 65.6 Å². The molecule has 31 heavy (non-hydrogen) atoms. The summed E-state index contributed by atoms with van der Waals surface area (Å²) >= 11 is 6.24. The van der Waals surface area contributed by atoms with Crippen LogP contribution in [0.1, 0.15) is 17.3 Å². The molecule has 0 saturated carbocycles. The number of sulfonamides is 1. The van der Waals surface area contributed by atoms with Gasteiger partial charge < -0.3 is 9.64 Å². The van der Waals surface area contributed by atoms with Gasteiger partial charge in [-0.15, -0.1) is 0 Å². The van der Waals surface area contributed by atoms with Crippen molar-refractivity contribution in [1.82, 2.24) is 4.31 Å². The van der Waals surface area contributed by atoms with Crippen molar-refractivity contribution in [2.45, 2.75) is 11.8 Å². The summed E-state index contributed by atoms with van der Waals surface area (Å²) < 4.78 is 32.8. The zero-order valence-electron chi connectivity index (χ0n) is 17.1. The minimum Gasteiger partial charge on any atom is -0.379 e. The number of morpholine rings is 1. The molecule has 3 aromatic rings. The fraction of sp³-hybridized carbons (Fsp3) is 0.261. The van der Waals surface area contributed by atoms with E-state index in [2.05, 4.69) is 0 Å². The molecule has 1 saturated heterocycles. The lowest BCUT2D eigenvalue weighted by Crippen LogP contribution is -2.40. The van der Waals surface area contributed by atoms with E-state index >= 15 is 0 Å². The summed E-state index contributed by atoms with van der Waals surface area (Å²) in [6.07, 6.45) is 0. The smallest absolute Gasteiger partial charge is 0.258 e. The number of carbonyl (C=O) groups is 1. The summed E-state index contributed by atoms with van der Waals surface area (Å²) in [4.78, 5) is 14.9. The molecule has 0 unspecified atom stereocenters. The Bertz CT molecular complexity index is 1220. The number of anilines is 1. The standard InChI is InChI=1S/C23H23ClN2O4S/c1-2-26(20-9-7-17-5-3-4-6-18(17)15-20)23(27)19-8-10-21(24)22(16-19)31(28,29)25-11-13-30-14-12-25/h3-10,15-16H,2,11-14H2,1H3. The average Bonchev–Trinajstić information content (AvgIpc) is 2.80. The minimum absolute atomic E-state index is 0.0588. The van der Waals surface area contributed by atoms with E-state index in [1.165, 1.54) is 16.4 Å². The average molecular weight is 459 g/mol. The first kappa shape index (κ1) is 21.8. The Morgan fingerprint density at radius 1 is 1.03 bits per heavy atom. The van der Waals surface area contributed by atoms with Crippen LogP contribution in [0.2, 0.25) is 5.02 Å². The van der Waals surface area contributed by atoms with Crippen LogP contribution in [-0.2, 0) is 14.8 Å². The van der Waals surface area contributed by atoms with Gasteiger partial charge in [0, 0.05) is 30.9 Å². The second kappa shape index (κ2) is 8.96. The molecule has 1 amide bonds. The molecule has 1 aliphatic heterocycles. The molecular formula is C23H23ClN2O4S. The van der Waals surface area contributed by atoms with Crippen LogP contribution >= 0.6 is 11.6 Å². The summed E-state index contributed by atoms with van der Waals surface area (Å²) in [6, 6.07) is 18.1. The van der Waals surface area contributed by atoms with E-state index in [1.54, 1.807) is 11.0 Å². The van der Waals surface area contributed by atoms with Crippen molar-refractivity contribution in [3.63, 3.8) is 0 Å². The first-order valence-corrected chi connectivity index (χ1v) is 11.9. The summed E-state index contributed by atoms with van der Waals surface area (Å²) in [7, 11) is -3.82. The highest BCUT2D eigenvalue weighted by Gasteiger charge is 2.29. The number of ether oxygens (including phenoxy) is 1. The lowest BCUT2D eigenvalue weighted by Gasteiger charge is -2.27. The van der Waals surface area contributed by atoms with Gasteiger partial charge in [0.1, 0.15) is 4.90 Å². The van der Waals surface area contributed by atoms with Crippen LogP contribution in [0, 0.1) is 0 Å². The Balaban J connectivity index is 1.69. The van der Waals surface area contributed by atoms with Crippen molar-refractivity contribution >= 4 is 44.0 Å². The second-order valence-corrected chi connectivity index (χ2v) is 9.56. The number of hydrogen-bond donors (Lipinski definition) is 0. The second-order valence-electron chi connectivity index (χ2n) is 7.24. The van der Waals surface area contributed by atoms with Gasteiger partial charge in [-0.2, -0.15) is 4.31 Å². The summed E-state index contributed by atoms with van der Waals surface area (Å²) in [5, 5.41) is 2.20. The highest BCUT2D eigenvalue weighted by atomic mass is 35.5. The van der Waals surface area contributed by atoms with Crippen molar-refractivity contribution < 1.29 is 17.9 Å². The van der Waals surface area contributed by atoms with E-state index in [-0.39, 0.29) is 34.5 Å². The number of rotatable bonds is 5. The van der Waals surface area contributed by atoms with E-state index in [0.717, 1.165) is 16.5 Å². The Morgan fingerprint density at radius 2 is 1.74 bits per heavy atom. The Labute approximate surface area is 187 Å². The summed E-state index contributed by atoms with van der Waals surface area (Å²) in [5.41, 5.74) is 1.02. The van der Waals surface area contributed by atoms with Gasteiger partial charge in [0.25, 0.3) is 5.91 Å². The molecule has 1 fully saturated rings. The number of halogens is 1. The molecule has 4 rings (SSSR count). The van der Waals surface area contributed by atoms with Gasteiger partial charge in [-0.1, -0.05) is 41.9 Å². The molecule has 0 aliphatic carbocycles. The van der Waals surface area contributed by atoms with Crippen LogP contribution < -0.4 is 4.90 Å². The van der Waals surface area contributed by atoms with Crippen molar-refractivity contribution in [1.29, 1.82) is 0 Å². The van der Waals surface area contributed by atoms with E-state index in [0.29, 0.717) is 19.8 Å². The predicted octanol–water partition coefficient (Wildman–Crippen LogP) is 4.18. The molecule has 3 aromatic carbocycles. The fourth-order valence-electron chi connectivity index (χ4n) is 3.70. The van der Waals surface area contributed by atoms with Crippen LogP contribution in [0.25, 0.3) is 10.8 Å². The number of hydrogen-bond acceptors (Lipinski definition) is 4. The van der Waals surface area contributed by atoms with E-state index < -0.39 is 10.0 Å². The monoisotopic (exact) mass is 458 g/mol. The molecule has 0 atom stereocenters. The van der Waals surface area contributed by atoms with Crippen LogP contribution in [0.5, 0.6) is 0 Å². The van der Waals surface area contributed by atoms with Gasteiger partial charge in [0.05, 0.1) is 18.2 Å². The molecular weight excluding hydrogens is 436 g/mol. The first-order chi connectivity index (χ1) is 14.9. The largest absolute Gasteiger partial charge is 0.379 e. The number of fused-ring (bicyclic) bond motifs is 1. The Hall–Kier alpha value is -2.45. The predicted molar refractivity (Wildman–Crippen MR) is 122 cm³/mol. The number of carbonyl (C=O) groups excluding carboxylic acids is 1. The number of benzene rings is 3. The maximum absolute atomic E-state index is 13.3. The maximum Gasteiger partial charge on any atom is 0.258 e. The van der Waals surface area contributed by atoms with Crippen LogP contribution in [0.3, 0.4) is 0 Å². The molecule has 1 heterocycles. The lowest BCUT2D eigenvalue weighted by molar-refractivity contribution is 0.0730. The van der Waals surface area contributed by atoms with E-state index in [4.69, 9.17) is 16.3 Å². The van der Waals surface area contributed by atoms with Gasteiger partial charge in [0.15, 0.2) is 0 Å². The van der Waals surface area contributed by atoms with Crippen LogP contribution in [-0.4, -0.2) is 51.5 Å². The topological polar surface area (TPSA) is 66.9 Å². The van der Waals surface area contributed by atoms with Crippen molar-refractivity contribution in [3.8, 4) is 0 Å². The third-order valence-corrected chi connectivity index (χ3v) is 7.75. The minimum atomic E-state index is -3.82. The molecule has 0 aromatic heterocycles. The van der Waals surface area contributed by atoms with Crippen molar-refractivity contribution in [2.75, 3.05) is 37.7 Å². The zero-order chi connectivity index (χ0) is 22.0. The highest BCUT2D eigenvalue weighted by molar-refractivity contribution is 7.89. The normalized spacial score (nSPS) is 15.2. The first-order valence-electron chi connectivity index (χ1n) is 10.1. The highest BCUT2D eigenvalue weighted by Crippen LogP contribution is 2.29. The number of amides is 1. The van der Waals surface area contributed by atoms with Gasteiger partial charge >= 0.3 is 0 Å². The fourth-order valence-corrected chi connectivity index (χ4v) is 5.61. The van der Waals surface area contributed by atoms with Gasteiger partial charge in [-0.3, -0.25) is 4.79 Å². The van der Waals surface area contributed by atoms with Gasteiger partial charge in [-0.05, 0) is 48.0 Å². The number of nitrogens with zero attached hydrogens (tertiary/aromatic N) is 2. The molecule has 6 nitrogen and oxygen atoms in total. The van der Waals surface area contributed by atoms with E-state index in [9.17, 15) is 13.2 Å². The quantitative estimate of drug-likeness (QED) is 0.575. The molecule has 0 spiro atoms. The van der Waals surface area contributed by atoms with Crippen molar-refractivity contribution in [2.24, 2.45) is 0 Å². The summed E-state index contributed by atoms with van der Waals surface area (Å²) in [5.74, 6) is -0.284. The molecule has 0 radical (unpaired) electrons. The zero-order valence-corrected chi connectivity index (χ0v) is 18.7. The van der Waals surface area contributed by atoms with Gasteiger partial charge in [0.2, 0.25) is 10.0 Å². The van der Waals surface area contributed by atoms with Gasteiger partial charge in [-0.25, -0.2) is 8.42 Å². The van der Waals surface area contributed by atoms with E-state index in [1.807, 2.05) is 49.4 Å². The molecule has 162 valence electrons. The summed E-state index contributed by atoms with van der Waals surface area (Å²) in [6.45, 7) is 3.51. The third kappa shape index (κ3) is 4.32. The molecule has 0 N–H and O–H groups in total. The third-order valence-electron chi connectivity index (χ3n) is 5.37. The lowest BCUT2D eigenvalue weighted by atomic mass is 10.1. The SMILES string of the molecule is CCN(C(=O)c1ccc(Cl)c(S(=O)(=O)N2CCOCC2)c1)c1ccc2ccccc2c1. The maximum atomic E-state index is 13.3. The molecule has 1 aliphatic rings. The van der Waals surface area contributed by atoms with Crippen LogP contribution in [0.4, 0.5) is 5.69 Å². The molecule has 0 bridgehead atoms. The Kier molecular flexibility index (Phi) is 6.29.